The lowest BCUT2D eigenvalue weighted by Gasteiger charge is -2.36. The molecule has 0 aromatic carbocycles. The largest absolute Gasteiger partial charge is 0.340 e. The highest BCUT2D eigenvalue weighted by Gasteiger charge is 2.44. The summed E-state index contributed by atoms with van der Waals surface area (Å²) < 4.78 is 0. The third-order valence-electron chi connectivity index (χ3n) is 5.03. The van der Waals surface area contributed by atoms with Crippen molar-refractivity contribution in [2.75, 3.05) is 32.7 Å². The van der Waals surface area contributed by atoms with Crippen LogP contribution >= 0.6 is 0 Å². The summed E-state index contributed by atoms with van der Waals surface area (Å²) in [6.07, 6.45) is 5.06. The molecule has 18 heavy (non-hydrogen) atoms. The van der Waals surface area contributed by atoms with Crippen molar-refractivity contribution in [1.29, 1.82) is 5.26 Å². The van der Waals surface area contributed by atoms with Gasteiger partial charge in [0.05, 0.1) is 12.6 Å². The molecular formula is C14H21N3O. The number of carbonyl (C=O) groups excluding carboxylic acids is 1. The molecule has 0 radical (unpaired) electrons. The summed E-state index contributed by atoms with van der Waals surface area (Å²) in [4.78, 5) is 16.7. The summed E-state index contributed by atoms with van der Waals surface area (Å²) in [7, 11) is 0. The molecule has 3 atom stereocenters. The lowest BCUT2D eigenvalue weighted by Crippen LogP contribution is -2.50. The fourth-order valence-corrected chi connectivity index (χ4v) is 4.01. The van der Waals surface area contributed by atoms with Gasteiger partial charge in [-0.05, 0) is 31.1 Å². The Morgan fingerprint density at radius 2 is 1.94 bits per heavy atom. The van der Waals surface area contributed by atoms with E-state index in [0.717, 1.165) is 38.5 Å². The maximum absolute atomic E-state index is 12.5. The van der Waals surface area contributed by atoms with Crippen molar-refractivity contribution < 1.29 is 4.79 Å². The van der Waals surface area contributed by atoms with Crippen LogP contribution in [0.15, 0.2) is 0 Å². The highest BCUT2D eigenvalue weighted by atomic mass is 16.2. The molecular weight excluding hydrogens is 226 g/mol. The molecule has 0 aromatic heterocycles. The van der Waals surface area contributed by atoms with Crippen molar-refractivity contribution in [3.8, 4) is 6.07 Å². The molecule has 0 spiro atoms. The van der Waals surface area contributed by atoms with Gasteiger partial charge in [0.15, 0.2) is 0 Å². The van der Waals surface area contributed by atoms with E-state index in [4.69, 9.17) is 5.26 Å². The molecule has 3 unspecified atom stereocenters. The third kappa shape index (κ3) is 2.12. The zero-order chi connectivity index (χ0) is 12.5. The second-order valence-electron chi connectivity index (χ2n) is 6.04. The minimum atomic E-state index is 0.325. The number of hydrogen-bond acceptors (Lipinski definition) is 3. The van der Waals surface area contributed by atoms with Crippen LogP contribution in [-0.4, -0.2) is 48.4 Å². The fraction of sp³-hybridized carbons (Fsp3) is 0.857. The predicted octanol–water partition coefficient (Wildman–Crippen LogP) is 1.09. The molecule has 1 saturated heterocycles. The molecule has 2 aliphatic carbocycles. The Hall–Kier alpha value is -1.08. The van der Waals surface area contributed by atoms with E-state index in [1.54, 1.807) is 0 Å². The van der Waals surface area contributed by atoms with Crippen LogP contribution in [0.2, 0.25) is 0 Å². The van der Waals surface area contributed by atoms with E-state index in [-0.39, 0.29) is 0 Å². The molecule has 4 nitrogen and oxygen atoms in total. The van der Waals surface area contributed by atoms with Crippen LogP contribution in [0.5, 0.6) is 0 Å². The van der Waals surface area contributed by atoms with Crippen LogP contribution in [0.1, 0.15) is 25.7 Å². The average molecular weight is 247 g/mol. The van der Waals surface area contributed by atoms with Crippen molar-refractivity contribution in [2.24, 2.45) is 17.8 Å². The molecule has 1 aliphatic heterocycles. The highest BCUT2D eigenvalue weighted by Crippen LogP contribution is 2.48. The number of piperazine rings is 1. The van der Waals surface area contributed by atoms with E-state index in [1.807, 2.05) is 4.90 Å². The summed E-state index contributed by atoms with van der Waals surface area (Å²) in [5, 5.41) is 8.67. The van der Waals surface area contributed by atoms with E-state index in [9.17, 15) is 4.79 Å². The predicted molar refractivity (Wildman–Crippen MR) is 67.6 cm³/mol. The summed E-state index contributed by atoms with van der Waals surface area (Å²) in [5.74, 6) is 2.24. The molecule has 98 valence electrons. The number of amides is 1. The van der Waals surface area contributed by atoms with Gasteiger partial charge in [0.2, 0.25) is 5.91 Å². The minimum Gasteiger partial charge on any atom is -0.340 e. The topological polar surface area (TPSA) is 47.3 Å². The van der Waals surface area contributed by atoms with Crippen LogP contribution in [0.3, 0.4) is 0 Å². The van der Waals surface area contributed by atoms with Crippen molar-refractivity contribution in [3.63, 3.8) is 0 Å². The third-order valence-corrected chi connectivity index (χ3v) is 5.03. The molecule has 3 rings (SSSR count). The molecule has 3 aliphatic rings. The van der Waals surface area contributed by atoms with E-state index in [2.05, 4.69) is 11.0 Å². The lowest BCUT2D eigenvalue weighted by molar-refractivity contribution is -0.138. The summed E-state index contributed by atoms with van der Waals surface area (Å²) in [5.41, 5.74) is 0. The number of rotatable bonds is 2. The van der Waals surface area contributed by atoms with Crippen LogP contribution in [0.25, 0.3) is 0 Å². The van der Waals surface area contributed by atoms with Gasteiger partial charge in [-0.25, -0.2) is 0 Å². The van der Waals surface area contributed by atoms with E-state index in [1.165, 1.54) is 19.3 Å². The van der Waals surface area contributed by atoms with Gasteiger partial charge in [0.1, 0.15) is 0 Å². The molecule has 0 N–H and O–H groups in total. The standard InChI is InChI=1S/C14H21N3O/c15-3-4-16-5-7-17(8-6-16)14(18)13-10-11-1-2-12(13)9-11/h11-13H,1-2,4-10H2. The first-order chi connectivity index (χ1) is 8.78. The number of hydrogen-bond donors (Lipinski definition) is 0. The SMILES string of the molecule is N#CCN1CCN(C(=O)C2CC3CCC2C3)CC1. The number of nitrogens with zero attached hydrogens (tertiary/aromatic N) is 3. The Bertz CT molecular complexity index is 368. The normalized spacial score (nSPS) is 35.7. The van der Waals surface area contributed by atoms with Crippen molar-refractivity contribution in [1.82, 2.24) is 9.80 Å². The zero-order valence-corrected chi connectivity index (χ0v) is 10.8. The molecule has 3 fully saturated rings. The molecule has 1 amide bonds. The second kappa shape index (κ2) is 4.89. The smallest absolute Gasteiger partial charge is 0.226 e. The highest BCUT2D eigenvalue weighted by molar-refractivity contribution is 5.79. The Balaban J connectivity index is 1.54. The van der Waals surface area contributed by atoms with Gasteiger partial charge in [0, 0.05) is 32.1 Å². The first kappa shape index (κ1) is 12.0. The molecule has 2 saturated carbocycles. The van der Waals surface area contributed by atoms with Gasteiger partial charge < -0.3 is 4.90 Å². The Labute approximate surface area is 109 Å². The molecule has 2 bridgehead atoms. The van der Waals surface area contributed by atoms with Crippen LogP contribution in [0.4, 0.5) is 0 Å². The molecule has 1 heterocycles. The second-order valence-corrected chi connectivity index (χ2v) is 6.04. The fourth-order valence-electron chi connectivity index (χ4n) is 4.01. The summed E-state index contributed by atoms with van der Waals surface area (Å²) >= 11 is 0. The van der Waals surface area contributed by atoms with Crippen molar-refractivity contribution in [3.05, 3.63) is 0 Å². The zero-order valence-electron chi connectivity index (χ0n) is 10.8. The summed E-state index contributed by atoms with van der Waals surface area (Å²) in [6, 6.07) is 2.18. The van der Waals surface area contributed by atoms with E-state index in [0.29, 0.717) is 24.3 Å². The van der Waals surface area contributed by atoms with Gasteiger partial charge >= 0.3 is 0 Å². The average Bonchev–Trinajstić information content (AvgIpc) is 3.01. The maximum atomic E-state index is 12.5. The van der Waals surface area contributed by atoms with Gasteiger partial charge in [-0.2, -0.15) is 5.26 Å². The van der Waals surface area contributed by atoms with Gasteiger partial charge in [-0.1, -0.05) is 6.42 Å². The number of nitriles is 1. The van der Waals surface area contributed by atoms with E-state index >= 15 is 0 Å². The van der Waals surface area contributed by atoms with Gasteiger partial charge in [-0.3, -0.25) is 9.69 Å². The maximum Gasteiger partial charge on any atom is 0.226 e. The monoisotopic (exact) mass is 247 g/mol. The van der Waals surface area contributed by atoms with Gasteiger partial charge in [-0.15, -0.1) is 0 Å². The van der Waals surface area contributed by atoms with Crippen LogP contribution < -0.4 is 0 Å². The Morgan fingerprint density at radius 1 is 1.17 bits per heavy atom. The molecule has 0 aromatic rings. The Kier molecular flexibility index (Phi) is 3.25. The summed E-state index contributed by atoms with van der Waals surface area (Å²) in [6.45, 7) is 3.85. The van der Waals surface area contributed by atoms with Crippen LogP contribution in [0, 0.1) is 29.1 Å². The Morgan fingerprint density at radius 3 is 2.50 bits per heavy atom. The first-order valence-corrected chi connectivity index (χ1v) is 7.16. The number of carbonyl (C=O) groups is 1. The van der Waals surface area contributed by atoms with Crippen LogP contribution in [-0.2, 0) is 4.79 Å². The number of fused-ring (bicyclic) bond motifs is 2. The quantitative estimate of drug-likeness (QED) is 0.686. The van der Waals surface area contributed by atoms with Crippen molar-refractivity contribution >= 4 is 5.91 Å². The van der Waals surface area contributed by atoms with E-state index < -0.39 is 0 Å². The minimum absolute atomic E-state index is 0.325. The molecule has 4 heteroatoms. The lowest BCUT2D eigenvalue weighted by atomic mass is 9.87. The first-order valence-electron chi connectivity index (χ1n) is 7.16. The van der Waals surface area contributed by atoms with Gasteiger partial charge in [0.25, 0.3) is 0 Å². The van der Waals surface area contributed by atoms with Crippen molar-refractivity contribution in [2.45, 2.75) is 25.7 Å².